The van der Waals surface area contributed by atoms with Gasteiger partial charge in [-0.15, -0.1) is 0 Å². The lowest BCUT2D eigenvalue weighted by atomic mass is 9.76. The standard InChI is InChI=1S/C14H18FNO2/c1-9-6-12(15)10(13(17)18)7-11(9)14(8-16)4-2-3-5-14/h6-7H,2-5,8,16H2,1H3,(H,17,18). The topological polar surface area (TPSA) is 63.3 Å². The molecule has 1 aromatic rings. The Bertz CT molecular complexity index is 479. The van der Waals surface area contributed by atoms with Crippen molar-refractivity contribution in [1.82, 2.24) is 0 Å². The SMILES string of the molecule is Cc1cc(F)c(C(=O)O)cc1C1(CN)CCCC1. The highest BCUT2D eigenvalue weighted by Gasteiger charge is 2.36. The summed E-state index contributed by atoms with van der Waals surface area (Å²) in [6.07, 6.45) is 4.09. The molecule has 0 atom stereocenters. The second-order valence-electron chi connectivity index (χ2n) is 5.14. The number of carbonyl (C=O) groups is 1. The third-order valence-corrected chi connectivity index (χ3v) is 4.07. The van der Waals surface area contributed by atoms with Gasteiger partial charge >= 0.3 is 5.97 Å². The van der Waals surface area contributed by atoms with Crippen LogP contribution in [-0.4, -0.2) is 17.6 Å². The molecular weight excluding hydrogens is 233 g/mol. The smallest absolute Gasteiger partial charge is 0.338 e. The lowest BCUT2D eigenvalue weighted by Gasteiger charge is -2.30. The fourth-order valence-corrected chi connectivity index (χ4v) is 3.04. The Labute approximate surface area is 106 Å². The molecule has 0 amide bonds. The van der Waals surface area contributed by atoms with Gasteiger partial charge < -0.3 is 10.8 Å². The molecule has 0 unspecified atom stereocenters. The van der Waals surface area contributed by atoms with Crippen LogP contribution >= 0.6 is 0 Å². The first kappa shape index (κ1) is 13.0. The average molecular weight is 251 g/mol. The predicted molar refractivity (Wildman–Crippen MR) is 67.3 cm³/mol. The van der Waals surface area contributed by atoms with E-state index in [1.54, 1.807) is 0 Å². The minimum atomic E-state index is -1.22. The van der Waals surface area contributed by atoms with Gasteiger partial charge in [0.15, 0.2) is 0 Å². The van der Waals surface area contributed by atoms with E-state index in [-0.39, 0.29) is 11.0 Å². The Hall–Kier alpha value is -1.42. The van der Waals surface area contributed by atoms with Gasteiger partial charge in [0.05, 0.1) is 5.56 Å². The Balaban J connectivity index is 2.56. The summed E-state index contributed by atoms with van der Waals surface area (Å²) < 4.78 is 13.6. The summed E-state index contributed by atoms with van der Waals surface area (Å²) in [5.41, 5.74) is 7.17. The monoisotopic (exact) mass is 251 g/mol. The van der Waals surface area contributed by atoms with Gasteiger partial charge in [0.25, 0.3) is 0 Å². The third-order valence-electron chi connectivity index (χ3n) is 4.07. The zero-order valence-corrected chi connectivity index (χ0v) is 10.5. The number of aryl methyl sites for hydroxylation is 1. The molecule has 18 heavy (non-hydrogen) atoms. The number of nitrogens with two attached hydrogens (primary N) is 1. The van der Waals surface area contributed by atoms with Gasteiger partial charge in [-0.2, -0.15) is 0 Å². The van der Waals surface area contributed by atoms with Gasteiger partial charge in [-0.25, -0.2) is 9.18 Å². The van der Waals surface area contributed by atoms with Crippen LogP contribution in [0, 0.1) is 12.7 Å². The van der Waals surface area contributed by atoms with Crippen molar-refractivity contribution in [2.75, 3.05) is 6.54 Å². The molecule has 1 aliphatic rings. The number of hydrogen-bond donors (Lipinski definition) is 2. The summed E-state index contributed by atoms with van der Waals surface area (Å²) in [7, 11) is 0. The molecule has 1 saturated carbocycles. The van der Waals surface area contributed by atoms with Crippen molar-refractivity contribution in [3.63, 3.8) is 0 Å². The second-order valence-corrected chi connectivity index (χ2v) is 5.14. The highest BCUT2D eigenvalue weighted by molar-refractivity contribution is 5.88. The van der Waals surface area contributed by atoms with E-state index in [9.17, 15) is 9.18 Å². The summed E-state index contributed by atoms with van der Waals surface area (Å²) in [6.45, 7) is 2.30. The van der Waals surface area contributed by atoms with E-state index in [1.807, 2.05) is 6.92 Å². The van der Waals surface area contributed by atoms with E-state index in [2.05, 4.69) is 0 Å². The van der Waals surface area contributed by atoms with E-state index >= 15 is 0 Å². The third kappa shape index (κ3) is 2.01. The van der Waals surface area contributed by atoms with E-state index < -0.39 is 11.8 Å². The summed E-state index contributed by atoms with van der Waals surface area (Å²) in [6, 6.07) is 2.79. The zero-order chi connectivity index (χ0) is 13.3. The number of benzene rings is 1. The average Bonchev–Trinajstić information content (AvgIpc) is 2.78. The summed E-state index contributed by atoms with van der Waals surface area (Å²) in [4.78, 5) is 11.0. The van der Waals surface area contributed by atoms with E-state index in [0.717, 1.165) is 36.8 Å². The minimum absolute atomic E-state index is 0.165. The van der Waals surface area contributed by atoms with Crippen LogP contribution in [0.5, 0.6) is 0 Å². The Morgan fingerprint density at radius 1 is 1.44 bits per heavy atom. The van der Waals surface area contributed by atoms with Crippen LogP contribution in [0.25, 0.3) is 0 Å². The number of carboxylic acid groups (broad SMARTS) is 1. The molecule has 0 saturated heterocycles. The molecule has 1 fully saturated rings. The molecule has 0 aromatic heterocycles. The summed E-state index contributed by atoms with van der Waals surface area (Å²) in [5.74, 6) is -1.90. The molecule has 0 radical (unpaired) electrons. The number of aromatic carboxylic acids is 1. The van der Waals surface area contributed by atoms with Gasteiger partial charge in [0, 0.05) is 12.0 Å². The predicted octanol–water partition coefficient (Wildman–Crippen LogP) is 2.60. The molecule has 1 aromatic carbocycles. The van der Waals surface area contributed by atoms with Crippen LogP contribution < -0.4 is 5.73 Å². The van der Waals surface area contributed by atoms with Crippen LogP contribution in [0.2, 0.25) is 0 Å². The maximum absolute atomic E-state index is 13.6. The minimum Gasteiger partial charge on any atom is -0.478 e. The first-order valence-corrected chi connectivity index (χ1v) is 6.24. The van der Waals surface area contributed by atoms with Crippen molar-refractivity contribution in [3.8, 4) is 0 Å². The Morgan fingerprint density at radius 2 is 2.06 bits per heavy atom. The summed E-state index contributed by atoms with van der Waals surface area (Å²) in [5, 5.41) is 9.01. The van der Waals surface area contributed by atoms with Gasteiger partial charge in [0.2, 0.25) is 0 Å². The Kier molecular flexibility index (Phi) is 3.39. The second kappa shape index (κ2) is 4.69. The lowest BCUT2D eigenvalue weighted by molar-refractivity contribution is 0.0691. The van der Waals surface area contributed by atoms with Crippen molar-refractivity contribution in [3.05, 3.63) is 34.6 Å². The summed E-state index contributed by atoms with van der Waals surface area (Å²) >= 11 is 0. The molecule has 98 valence electrons. The first-order chi connectivity index (χ1) is 8.50. The van der Waals surface area contributed by atoms with Crippen molar-refractivity contribution >= 4 is 5.97 Å². The van der Waals surface area contributed by atoms with Crippen LogP contribution in [0.3, 0.4) is 0 Å². The molecule has 1 aliphatic carbocycles. The normalized spacial score (nSPS) is 17.9. The van der Waals surface area contributed by atoms with E-state index in [1.165, 1.54) is 12.1 Å². The first-order valence-electron chi connectivity index (χ1n) is 6.24. The quantitative estimate of drug-likeness (QED) is 0.868. The highest BCUT2D eigenvalue weighted by atomic mass is 19.1. The number of hydrogen-bond acceptors (Lipinski definition) is 2. The molecule has 0 heterocycles. The van der Waals surface area contributed by atoms with Gasteiger partial charge in [-0.05, 0) is 43.0 Å². The molecule has 2 rings (SSSR count). The lowest BCUT2D eigenvalue weighted by Crippen LogP contribution is -2.33. The van der Waals surface area contributed by atoms with Crippen molar-refractivity contribution in [2.45, 2.75) is 38.0 Å². The van der Waals surface area contributed by atoms with Crippen LogP contribution in [0.15, 0.2) is 12.1 Å². The van der Waals surface area contributed by atoms with Crippen molar-refractivity contribution < 1.29 is 14.3 Å². The van der Waals surface area contributed by atoms with Crippen LogP contribution in [0.1, 0.15) is 47.2 Å². The van der Waals surface area contributed by atoms with Gasteiger partial charge in [-0.3, -0.25) is 0 Å². The van der Waals surface area contributed by atoms with Gasteiger partial charge in [0.1, 0.15) is 5.82 Å². The fourth-order valence-electron chi connectivity index (χ4n) is 3.04. The number of carboxylic acids is 1. The molecule has 3 N–H and O–H groups in total. The largest absolute Gasteiger partial charge is 0.478 e. The van der Waals surface area contributed by atoms with Crippen molar-refractivity contribution in [2.24, 2.45) is 5.73 Å². The molecular formula is C14H18FNO2. The van der Waals surface area contributed by atoms with Gasteiger partial charge in [-0.1, -0.05) is 12.8 Å². The molecule has 0 spiro atoms. The molecule has 3 nitrogen and oxygen atoms in total. The maximum atomic E-state index is 13.6. The Morgan fingerprint density at radius 3 is 2.56 bits per heavy atom. The molecule has 4 heteroatoms. The zero-order valence-electron chi connectivity index (χ0n) is 10.5. The van der Waals surface area contributed by atoms with E-state index in [0.29, 0.717) is 6.54 Å². The number of halogens is 1. The van der Waals surface area contributed by atoms with E-state index in [4.69, 9.17) is 10.8 Å². The number of rotatable bonds is 3. The fraction of sp³-hybridized carbons (Fsp3) is 0.500. The van der Waals surface area contributed by atoms with Crippen molar-refractivity contribution in [1.29, 1.82) is 0 Å². The van der Waals surface area contributed by atoms with Crippen LogP contribution in [0.4, 0.5) is 4.39 Å². The molecule has 0 bridgehead atoms. The molecule has 0 aliphatic heterocycles. The highest BCUT2D eigenvalue weighted by Crippen LogP contribution is 2.42. The maximum Gasteiger partial charge on any atom is 0.338 e. The van der Waals surface area contributed by atoms with Crippen LogP contribution in [-0.2, 0) is 5.41 Å².